The molecule has 0 aliphatic carbocycles. The number of nitrogens with zero attached hydrogens (tertiary/aromatic N) is 3. The molecule has 1 saturated heterocycles. The first-order valence-electron chi connectivity index (χ1n) is 9.61. The van der Waals surface area contributed by atoms with Crippen molar-refractivity contribution in [2.75, 3.05) is 13.9 Å². The molecule has 1 aromatic carbocycles. The normalized spacial score (nSPS) is 17.8. The fourth-order valence-electron chi connectivity index (χ4n) is 3.31. The van der Waals surface area contributed by atoms with Gasteiger partial charge in [0.2, 0.25) is 0 Å². The summed E-state index contributed by atoms with van der Waals surface area (Å²) in [4.78, 5) is 4.56. The molecule has 7 nitrogen and oxygen atoms in total. The summed E-state index contributed by atoms with van der Waals surface area (Å²) in [6.45, 7) is 8.26. The highest BCUT2D eigenvalue weighted by Gasteiger charge is 2.52. The van der Waals surface area contributed by atoms with Crippen LogP contribution in [-0.4, -0.2) is 47.0 Å². The Kier molecular flexibility index (Phi) is 4.89. The smallest absolute Gasteiger partial charge is 0.468 e. The lowest BCUT2D eigenvalue weighted by Crippen LogP contribution is -2.41. The van der Waals surface area contributed by atoms with Crippen LogP contribution in [0, 0.1) is 0 Å². The van der Waals surface area contributed by atoms with E-state index in [4.69, 9.17) is 18.8 Å². The number of aryl methyl sites for hydroxylation is 1. The molecule has 3 aromatic rings. The maximum atomic E-state index is 6.21. The Morgan fingerprint density at radius 3 is 2.52 bits per heavy atom. The van der Waals surface area contributed by atoms with Gasteiger partial charge >= 0.3 is 7.12 Å². The van der Waals surface area contributed by atoms with Crippen molar-refractivity contribution in [2.24, 2.45) is 7.05 Å². The van der Waals surface area contributed by atoms with Gasteiger partial charge < -0.3 is 18.8 Å². The quantitative estimate of drug-likeness (QED) is 0.489. The van der Waals surface area contributed by atoms with Gasteiger partial charge in [0.1, 0.15) is 11.3 Å². The zero-order chi connectivity index (χ0) is 20.8. The van der Waals surface area contributed by atoms with Crippen LogP contribution in [0.1, 0.15) is 27.7 Å². The highest BCUT2D eigenvalue weighted by atomic mass is 16.7. The third-order valence-electron chi connectivity index (χ3n) is 5.65. The molecule has 1 aliphatic rings. The molecule has 0 radical (unpaired) electrons. The number of fused-ring (bicyclic) bond motifs is 1. The number of methoxy groups -OCH3 is 1. The van der Waals surface area contributed by atoms with Gasteiger partial charge in [0.15, 0.2) is 6.79 Å². The average Bonchev–Trinajstić information content (AvgIpc) is 3.13. The Bertz CT molecular complexity index is 1030. The van der Waals surface area contributed by atoms with Crippen molar-refractivity contribution in [1.82, 2.24) is 14.8 Å². The standard InChI is InChI=1S/C21H26BN3O4/c1-20(2)21(3,4)29-22(28-20)16-8-7-14(10-19(16)27-13-26-6)17-9-15-12-25(5)24-18(15)11-23-17/h7-12H,13H2,1-6H3. The summed E-state index contributed by atoms with van der Waals surface area (Å²) >= 11 is 0. The molecule has 152 valence electrons. The molecular weight excluding hydrogens is 369 g/mol. The van der Waals surface area contributed by atoms with E-state index in [1.165, 1.54) is 0 Å². The van der Waals surface area contributed by atoms with Crippen molar-refractivity contribution >= 4 is 23.5 Å². The van der Waals surface area contributed by atoms with E-state index < -0.39 is 18.3 Å². The Balaban J connectivity index is 1.72. The lowest BCUT2D eigenvalue weighted by molar-refractivity contribution is 0.00578. The third kappa shape index (κ3) is 3.63. The minimum atomic E-state index is -0.519. The fraction of sp³-hybridized carbons (Fsp3) is 0.429. The molecule has 2 aromatic heterocycles. The van der Waals surface area contributed by atoms with Gasteiger partial charge in [0.25, 0.3) is 0 Å². The highest BCUT2D eigenvalue weighted by Crippen LogP contribution is 2.37. The van der Waals surface area contributed by atoms with Crippen molar-refractivity contribution in [3.8, 4) is 17.0 Å². The number of hydrogen-bond acceptors (Lipinski definition) is 6. The van der Waals surface area contributed by atoms with Gasteiger partial charge in [-0.3, -0.25) is 9.67 Å². The second kappa shape index (κ2) is 7.13. The van der Waals surface area contributed by atoms with Crippen molar-refractivity contribution in [3.05, 3.63) is 36.7 Å². The van der Waals surface area contributed by atoms with Crippen LogP contribution in [0.4, 0.5) is 0 Å². The summed E-state index contributed by atoms with van der Waals surface area (Å²) in [5, 5.41) is 5.41. The van der Waals surface area contributed by atoms with Gasteiger partial charge in [-0.1, -0.05) is 12.1 Å². The van der Waals surface area contributed by atoms with Gasteiger partial charge in [-0.2, -0.15) is 5.10 Å². The van der Waals surface area contributed by atoms with E-state index in [-0.39, 0.29) is 6.79 Å². The number of ether oxygens (including phenoxy) is 2. The summed E-state index contributed by atoms with van der Waals surface area (Å²) in [6, 6.07) is 7.94. The van der Waals surface area contributed by atoms with Gasteiger partial charge in [-0.05, 0) is 39.8 Å². The minimum absolute atomic E-state index is 0.130. The first-order valence-corrected chi connectivity index (χ1v) is 9.61. The van der Waals surface area contributed by atoms with Gasteiger partial charge in [0.05, 0.1) is 23.1 Å². The monoisotopic (exact) mass is 395 g/mol. The molecule has 8 heteroatoms. The average molecular weight is 395 g/mol. The number of hydrogen-bond donors (Lipinski definition) is 0. The molecule has 3 heterocycles. The molecule has 4 rings (SSSR count). The maximum Gasteiger partial charge on any atom is 0.498 e. The number of pyridine rings is 1. The highest BCUT2D eigenvalue weighted by molar-refractivity contribution is 6.63. The zero-order valence-corrected chi connectivity index (χ0v) is 17.7. The second-order valence-corrected chi connectivity index (χ2v) is 8.32. The van der Waals surface area contributed by atoms with Crippen molar-refractivity contribution in [1.29, 1.82) is 0 Å². The topological polar surface area (TPSA) is 67.6 Å². The van der Waals surface area contributed by atoms with E-state index in [1.54, 1.807) is 18.0 Å². The van der Waals surface area contributed by atoms with Crippen LogP contribution in [0.15, 0.2) is 36.7 Å². The van der Waals surface area contributed by atoms with E-state index in [0.29, 0.717) is 5.75 Å². The number of benzene rings is 1. The lowest BCUT2D eigenvalue weighted by atomic mass is 9.77. The van der Waals surface area contributed by atoms with Crippen LogP contribution in [0.5, 0.6) is 5.75 Å². The van der Waals surface area contributed by atoms with Gasteiger partial charge in [0, 0.05) is 36.8 Å². The lowest BCUT2D eigenvalue weighted by Gasteiger charge is -2.32. The molecule has 0 N–H and O–H groups in total. The first kappa shape index (κ1) is 19.9. The predicted molar refractivity (Wildman–Crippen MR) is 112 cm³/mol. The van der Waals surface area contributed by atoms with Crippen LogP contribution in [0.25, 0.3) is 22.2 Å². The SMILES string of the molecule is COCOc1cc(-c2cc3cn(C)nc3cn2)ccc1B1OC(C)(C)C(C)(C)O1. The van der Waals surface area contributed by atoms with E-state index >= 15 is 0 Å². The molecule has 1 aliphatic heterocycles. The summed E-state index contributed by atoms with van der Waals surface area (Å²) in [6.07, 6.45) is 3.75. The molecular formula is C21H26BN3O4. The molecule has 0 saturated carbocycles. The van der Waals surface area contributed by atoms with Crippen LogP contribution in [-0.2, 0) is 21.1 Å². The summed E-state index contributed by atoms with van der Waals surface area (Å²) in [7, 11) is 2.97. The van der Waals surface area contributed by atoms with Crippen LogP contribution < -0.4 is 10.2 Å². The van der Waals surface area contributed by atoms with E-state index in [9.17, 15) is 0 Å². The molecule has 29 heavy (non-hydrogen) atoms. The van der Waals surface area contributed by atoms with E-state index in [0.717, 1.165) is 27.6 Å². The molecule has 0 spiro atoms. The first-order chi connectivity index (χ1) is 13.7. The minimum Gasteiger partial charge on any atom is -0.468 e. The van der Waals surface area contributed by atoms with Gasteiger partial charge in [-0.25, -0.2) is 0 Å². The van der Waals surface area contributed by atoms with Crippen molar-refractivity contribution < 1.29 is 18.8 Å². The van der Waals surface area contributed by atoms with Crippen LogP contribution >= 0.6 is 0 Å². The summed E-state index contributed by atoms with van der Waals surface area (Å²) in [5.41, 5.74) is 2.60. The van der Waals surface area contributed by atoms with Crippen molar-refractivity contribution in [3.63, 3.8) is 0 Å². The zero-order valence-electron chi connectivity index (χ0n) is 17.7. The van der Waals surface area contributed by atoms with Crippen molar-refractivity contribution in [2.45, 2.75) is 38.9 Å². The number of aromatic nitrogens is 3. The predicted octanol–water partition coefficient (Wildman–Crippen LogP) is 2.92. The molecule has 0 amide bonds. The second-order valence-electron chi connectivity index (χ2n) is 8.32. The van der Waals surface area contributed by atoms with Crippen LogP contribution in [0.3, 0.4) is 0 Å². The molecule has 1 fully saturated rings. The molecule has 0 bridgehead atoms. The third-order valence-corrected chi connectivity index (χ3v) is 5.65. The van der Waals surface area contributed by atoms with Crippen LogP contribution in [0.2, 0.25) is 0 Å². The van der Waals surface area contributed by atoms with E-state index in [2.05, 4.69) is 10.1 Å². The Labute approximate surface area is 171 Å². The largest absolute Gasteiger partial charge is 0.498 e. The fourth-order valence-corrected chi connectivity index (χ4v) is 3.31. The Morgan fingerprint density at radius 2 is 1.83 bits per heavy atom. The Hall–Kier alpha value is -2.42. The maximum absolute atomic E-state index is 6.21. The Morgan fingerprint density at radius 1 is 1.10 bits per heavy atom. The molecule has 0 unspecified atom stereocenters. The number of rotatable bonds is 5. The molecule has 0 atom stereocenters. The van der Waals surface area contributed by atoms with Gasteiger partial charge in [-0.15, -0.1) is 0 Å². The summed E-state index contributed by atoms with van der Waals surface area (Å²) < 4.78 is 25.2. The summed E-state index contributed by atoms with van der Waals surface area (Å²) in [5.74, 6) is 0.649. The van der Waals surface area contributed by atoms with E-state index in [1.807, 2.05) is 65.2 Å².